The molecule has 0 aromatic carbocycles. The Morgan fingerprint density at radius 3 is 2.18 bits per heavy atom. The Bertz CT molecular complexity index is 371. The van der Waals surface area contributed by atoms with Gasteiger partial charge in [-0.1, -0.05) is 6.92 Å². The van der Waals surface area contributed by atoms with E-state index in [0.29, 0.717) is 12.2 Å². The highest BCUT2D eigenvalue weighted by atomic mass is 19.4. The lowest BCUT2D eigenvalue weighted by Gasteiger charge is -2.26. The average molecular weight is 257 g/mol. The minimum Gasteiger partial charge on any atom is -0.464 e. The van der Waals surface area contributed by atoms with E-state index >= 15 is 0 Å². The maximum Gasteiger partial charge on any atom is 0.455 e. The van der Waals surface area contributed by atoms with Gasteiger partial charge in [-0.2, -0.15) is 22.0 Å². The van der Waals surface area contributed by atoms with Crippen LogP contribution in [0.1, 0.15) is 24.5 Å². The van der Waals surface area contributed by atoms with E-state index in [4.69, 9.17) is 4.42 Å². The van der Waals surface area contributed by atoms with Crippen LogP contribution >= 0.6 is 0 Å². The largest absolute Gasteiger partial charge is 0.464 e. The summed E-state index contributed by atoms with van der Waals surface area (Å²) in [6.45, 7) is 1.71. The summed E-state index contributed by atoms with van der Waals surface area (Å²) in [5.41, 5.74) is 0. The molecule has 98 valence electrons. The minimum absolute atomic E-state index is 0.359. The molecule has 0 bridgehead atoms. The second kappa shape index (κ2) is 4.64. The van der Waals surface area contributed by atoms with Crippen LogP contribution in [-0.2, 0) is 6.42 Å². The second-order valence-corrected chi connectivity index (χ2v) is 3.50. The summed E-state index contributed by atoms with van der Waals surface area (Å²) in [5, 5.41) is 1.94. The van der Waals surface area contributed by atoms with E-state index < -0.39 is 23.9 Å². The van der Waals surface area contributed by atoms with Crippen molar-refractivity contribution in [2.24, 2.45) is 0 Å². The van der Waals surface area contributed by atoms with E-state index in [0.717, 1.165) is 13.1 Å². The number of aryl methyl sites for hydroxylation is 1. The van der Waals surface area contributed by atoms with E-state index in [9.17, 15) is 22.0 Å². The summed E-state index contributed by atoms with van der Waals surface area (Å²) in [6.07, 6.45) is -5.20. The van der Waals surface area contributed by atoms with Crippen molar-refractivity contribution in [3.8, 4) is 0 Å². The molecule has 0 aliphatic heterocycles. The summed E-state index contributed by atoms with van der Waals surface area (Å²) >= 11 is 0. The monoisotopic (exact) mass is 257 g/mol. The first-order valence-corrected chi connectivity index (χ1v) is 4.94. The van der Waals surface area contributed by atoms with Crippen LogP contribution in [0.4, 0.5) is 22.0 Å². The highest BCUT2D eigenvalue weighted by molar-refractivity contribution is 5.14. The normalized spacial score (nSPS) is 15.0. The molecule has 1 atom stereocenters. The van der Waals surface area contributed by atoms with Crippen molar-refractivity contribution < 1.29 is 26.4 Å². The van der Waals surface area contributed by atoms with Gasteiger partial charge in [0, 0.05) is 6.42 Å². The van der Waals surface area contributed by atoms with E-state index in [2.05, 4.69) is 0 Å². The Morgan fingerprint density at radius 2 is 1.82 bits per heavy atom. The maximum absolute atomic E-state index is 13.1. The zero-order valence-corrected chi connectivity index (χ0v) is 9.24. The van der Waals surface area contributed by atoms with Gasteiger partial charge in [-0.25, -0.2) is 0 Å². The fourth-order valence-corrected chi connectivity index (χ4v) is 1.41. The average Bonchev–Trinajstić information content (AvgIpc) is 2.65. The third-order valence-corrected chi connectivity index (χ3v) is 2.34. The van der Waals surface area contributed by atoms with Gasteiger partial charge in [0.25, 0.3) is 0 Å². The number of nitrogens with one attached hydrogen (secondary N) is 1. The van der Waals surface area contributed by atoms with Gasteiger partial charge in [-0.15, -0.1) is 0 Å². The van der Waals surface area contributed by atoms with Crippen molar-refractivity contribution in [2.45, 2.75) is 31.5 Å². The predicted octanol–water partition coefficient (Wildman–Crippen LogP) is 3.30. The first kappa shape index (κ1) is 14.0. The maximum atomic E-state index is 13.1. The fraction of sp³-hybridized carbons (Fsp3) is 0.600. The van der Waals surface area contributed by atoms with Crippen LogP contribution in [-0.4, -0.2) is 19.1 Å². The van der Waals surface area contributed by atoms with Crippen LogP contribution in [0, 0.1) is 0 Å². The molecular weight excluding hydrogens is 245 g/mol. The molecule has 0 radical (unpaired) electrons. The smallest absolute Gasteiger partial charge is 0.455 e. The molecule has 0 spiro atoms. The van der Waals surface area contributed by atoms with Crippen LogP contribution in [0.5, 0.6) is 0 Å². The van der Waals surface area contributed by atoms with Gasteiger partial charge in [0.2, 0.25) is 0 Å². The molecule has 1 rings (SSSR count). The number of hydrogen-bond donors (Lipinski definition) is 1. The molecule has 0 saturated carbocycles. The fourth-order valence-electron chi connectivity index (χ4n) is 1.41. The Kier molecular flexibility index (Phi) is 3.81. The summed E-state index contributed by atoms with van der Waals surface area (Å²) in [4.78, 5) is 0. The number of furan rings is 1. The summed E-state index contributed by atoms with van der Waals surface area (Å²) < 4.78 is 67.9. The van der Waals surface area contributed by atoms with Crippen LogP contribution in [0.3, 0.4) is 0 Å². The van der Waals surface area contributed by atoms with E-state index in [1.165, 1.54) is 6.07 Å². The Labute approximate surface area is 94.8 Å². The van der Waals surface area contributed by atoms with Crippen molar-refractivity contribution in [3.05, 3.63) is 23.7 Å². The lowest BCUT2D eigenvalue weighted by Crippen LogP contribution is -2.46. The van der Waals surface area contributed by atoms with Crippen molar-refractivity contribution in [1.82, 2.24) is 5.32 Å². The molecule has 1 aromatic rings. The lowest BCUT2D eigenvalue weighted by atomic mass is 10.1. The molecule has 1 aromatic heterocycles. The quantitative estimate of drug-likeness (QED) is 0.837. The minimum atomic E-state index is -5.63. The zero-order valence-electron chi connectivity index (χ0n) is 9.24. The summed E-state index contributed by atoms with van der Waals surface area (Å²) in [6, 6.07) is 0.286. The SMILES string of the molecule is CCc1ccc(C(NC)C(F)(F)C(F)(F)F)o1. The summed E-state index contributed by atoms with van der Waals surface area (Å²) in [5.74, 6) is -4.95. The number of hydrogen-bond acceptors (Lipinski definition) is 2. The molecule has 17 heavy (non-hydrogen) atoms. The van der Waals surface area contributed by atoms with E-state index in [1.807, 2.05) is 5.32 Å². The number of rotatable bonds is 4. The van der Waals surface area contributed by atoms with Crippen LogP contribution in [0.15, 0.2) is 16.5 Å². The van der Waals surface area contributed by atoms with Gasteiger partial charge in [0.05, 0.1) is 0 Å². The molecule has 2 nitrogen and oxygen atoms in total. The second-order valence-electron chi connectivity index (χ2n) is 3.50. The van der Waals surface area contributed by atoms with Crippen LogP contribution in [0.2, 0.25) is 0 Å². The van der Waals surface area contributed by atoms with Crippen molar-refractivity contribution in [2.75, 3.05) is 7.05 Å². The van der Waals surface area contributed by atoms with Crippen LogP contribution < -0.4 is 5.32 Å². The molecule has 1 N–H and O–H groups in total. The Hall–Kier alpha value is -1.11. The topological polar surface area (TPSA) is 25.2 Å². The standard InChI is InChI=1S/C10H12F5NO/c1-3-6-4-5-7(17-6)8(16-2)9(11,12)10(13,14)15/h4-5,8,16H,3H2,1-2H3. The van der Waals surface area contributed by atoms with Gasteiger partial charge in [0.1, 0.15) is 17.6 Å². The van der Waals surface area contributed by atoms with Crippen molar-refractivity contribution in [3.63, 3.8) is 0 Å². The van der Waals surface area contributed by atoms with Gasteiger partial charge in [-0.05, 0) is 19.2 Å². The van der Waals surface area contributed by atoms with E-state index in [1.54, 1.807) is 6.92 Å². The zero-order chi connectivity index (χ0) is 13.3. The molecule has 7 heteroatoms. The highest BCUT2D eigenvalue weighted by Gasteiger charge is 2.63. The van der Waals surface area contributed by atoms with Gasteiger partial charge >= 0.3 is 12.1 Å². The lowest BCUT2D eigenvalue weighted by molar-refractivity contribution is -0.295. The molecule has 0 amide bonds. The molecule has 0 fully saturated rings. The molecule has 0 saturated heterocycles. The molecular formula is C10H12F5NO. The molecule has 1 unspecified atom stereocenters. The van der Waals surface area contributed by atoms with E-state index in [-0.39, 0.29) is 0 Å². The number of alkyl halides is 5. The third kappa shape index (κ3) is 2.59. The van der Waals surface area contributed by atoms with Gasteiger partial charge in [-0.3, -0.25) is 0 Å². The molecule has 0 aliphatic carbocycles. The Morgan fingerprint density at radius 1 is 1.24 bits per heavy atom. The number of halogens is 5. The van der Waals surface area contributed by atoms with Crippen molar-refractivity contribution >= 4 is 0 Å². The molecule has 0 aliphatic rings. The Balaban J connectivity index is 3.07. The predicted molar refractivity (Wildman–Crippen MR) is 50.9 cm³/mol. The van der Waals surface area contributed by atoms with Gasteiger partial charge < -0.3 is 9.73 Å². The van der Waals surface area contributed by atoms with Crippen molar-refractivity contribution in [1.29, 1.82) is 0 Å². The first-order chi connectivity index (χ1) is 7.74. The first-order valence-electron chi connectivity index (χ1n) is 4.94. The van der Waals surface area contributed by atoms with Crippen LogP contribution in [0.25, 0.3) is 0 Å². The molecule has 1 heterocycles. The third-order valence-electron chi connectivity index (χ3n) is 2.34. The van der Waals surface area contributed by atoms with Gasteiger partial charge in [0.15, 0.2) is 0 Å². The summed E-state index contributed by atoms with van der Waals surface area (Å²) in [7, 11) is 1.03. The highest BCUT2D eigenvalue weighted by Crippen LogP contribution is 2.44.